The van der Waals surface area contributed by atoms with Gasteiger partial charge in [-0.15, -0.1) is 0 Å². The predicted molar refractivity (Wildman–Crippen MR) is 123 cm³/mol. The number of hydrogen-bond acceptors (Lipinski definition) is 6. The Morgan fingerprint density at radius 3 is 2.75 bits per heavy atom. The maximum absolute atomic E-state index is 12.9. The van der Waals surface area contributed by atoms with Gasteiger partial charge in [-0.25, -0.2) is 0 Å². The zero-order valence-electron chi connectivity index (χ0n) is 17.2. The fraction of sp³-hybridized carbons (Fsp3) is 0.167. The summed E-state index contributed by atoms with van der Waals surface area (Å²) >= 11 is 1.56. The number of para-hydroxylation sites is 1. The summed E-state index contributed by atoms with van der Waals surface area (Å²) < 4.78 is 5.23. The van der Waals surface area contributed by atoms with E-state index in [2.05, 4.69) is 21.5 Å². The summed E-state index contributed by atoms with van der Waals surface area (Å²) in [6, 6.07) is 16.9. The van der Waals surface area contributed by atoms with Crippen LogP contribution in [0.25, 0.3) is 11.4 Å². The van der Waals surface area contributed by atoms with Crippen molar-refractivity contribution < 1.29 is 14.1 Å². The third-order valence-corrected chi connectivity index (χ3v) is 6.04. The van der Waals surface area contributed by atoms with Crippen LogP contribution in [0.5, 0.6) is 0 Å². The molecule has 3 heterocycles. The van der Waals surface area contributed by atoms with Crippen molar-refractivity contribution in [3.63, 3.8) is 0 Å². The smallest absolute Gasteiger partial charge is 0.258 e. The van der Waals surface area contributed by atoms with Crippen LogP contribution in [0.15, 0.2) is 69.9 Å². The number of aryl methyl sites for hydroxylation is 1. The fourth-order valence-electron chi connectivity index (χ4n) is 3.71. The van der Waals surface area contributed by atoms with E-state index in [9.17, 15) is 9.59 Å². The van der Waals surface area contributed by atoms with Gasteiger partial charge in [0, 0.05) is 47.3 Å². The molecule has 8 heteroatoms. The summed E-state index contributed by atoms with van der Waals surface area (Å²) in [5.74, 6) is 0.759. The van der Waals surface area contributed by atoms with Crippen molar-refractivity contribution in [2.75, 3.05) is 16.8 Å². The monoisotopic (exact) mass is 444 g/mol. The van der Waals surface area contributed by atoms with E-state index in [1.54, 1.807) is 40.5 Å². The van der Waals surface area contributed by atoms with Crippen molar-refractivity contribution in [1.29, 1.82) is 0 Å². The van der Waals surface area contributed by atoms with E-state index in [1.165, 1.54) is 5.56 Å². The highest BCUT2D eigenvalue weighted by Crippen LogP contribution is 2.29. The van der Waals surface area contributed by atoms with Crippen molar-refractivity contribution in [2.24, 2.45) is 0 Å². The molecule has 0 saturated heterocycles. The van der Waals surface area contributed by atoms with Gasteiger partial charge in [0.05, 0.1) is 0 Å². The van der Waals surface area contributed by atoms with Crippen molar-refractivity contribution in [2.45, 2.75) is 19.3 Å². The summed E-state index contributed by atoms with van der Waals surface area (Å²) in [5, 5.41) is 10.7. The van der Waals surface area contributed by atoms with Gasteiger partial charge in [0.25, 0.3) is 5.91 Å². The van der Waals surface area contributed by atoms with Crippen LogP contribution in [0.4, 0.5) is 11.4 Å². The van der Waals surface area contributed by atoms with Crippen molar-refractivity contribution >= 4 is 34.5 Å². The fourth-order valence-corrected chi connectivity index (χ4v) is 4.34. The van der Waals surface area contributed by atoms with E-state index in [1.807, 2.05) is 35.0 Å². The van der Waals surface area contributed by atoms with Gasteiger partial charge in [-0.2, -0.15) is 16.3 Å². The maximum Gasteiger partial charge on any atom is 0.258 e. The molecule has 2 amide bonds. The van der Waals surface area contributed by atoms with Crippen molar-refractivity contribution in [3.05, 3.63) is 82.4 Å². The second-order valence-corrected chi connectivity index (χ2v) is 8.26. The Labute approximate surface area is 188 Å². The second kappa shape index (κ2) is 8.76. The van der Waals surface area contributed by atoms with Crippen molar-refractivity contribution in [3.8, 4) is 11.4 Å². The lowest BCUT2D eigenvalue weighted by Gasteiger charge is -2.17. The molecule has 32 heavy (non-hydrogen) atoms. The largest absolute Gasteiger partial charge is 0.339 e. The van der Waals surface area contributed by atoms with E-state index in [-0.39, 0.29) is 18.2 Å². The number of benzene rings is 2. The van der Waals surface area contributed by atoms with E-state index < -0.39 is 0 Å². The number of thiophene rings is 1. The topological polar surface area (TPSA) is 88.3 Å². The average Bonchev–Trinajstić information content (AvgIpc) is 3.58. The van der Waals surface area contributed by atoms with Gasteiger partial charge in [-0.3, -0.25) is 9.59 Å². The van der Waals surface area contributed by atoms with Gasteiger partial charge in [0.1, 0.15) is 0 Å². The lowest BCUT2D eigenvalue weighted by atomic mass is 10.1. The van der Waals surface area contributed by atoms with Gasteiger partial charge in [-0.1, -0.05) is 23.4 Å². The molecule has 0 atom stereocenters. The molecular formula is C24H20N4O3S. The molecule has 0 radical (unpaired) electrons. The molecule has 1 aliphatic rings. The molecule has 160 valence electrons. The molecule has 0 aliphatic carbocycles. The summed E-state index contributed by atoms with van der Waals surface area (Å²) in [6.45, 7) is 0.681. The minimum absolute atomic E-state index is 0.0364. The first-order valence-corrected chi connectivity index (χ1v) is 11.3. The Morgan fingerprint density at radius 1 is 1.09 bits per heavy atom. The SMILES string of the molecule is O=C(CCc1nc(-c2ccsc2)no1)Nc1ccc(C(=O)N2CCc3ccccc32)cc1. The number of hydrogen-bond donors (Lipinski definition) is 1. The van der Waals surface area contributed by atoms with Crippen LogP contribution in [-0.2, 0) is 17.6 Å². The molecule has 4 aromatic rings. The van der Waals surface area contributed by atoms with E-state index in [0.29, 0.717) is 35.9 Å². The number of carbonyl (C=O) groups is 2. The Kier molecular flexibility index (Phi) is 5.51. The average molecular weight is 445 g/mol. The molecule has 1 aliphatic heterocycles. The number of carbonyl (C=O) groups excluding carboxylic acids is 2. The summed E-state index contributed by atoms with van der Waals surface area (Å²) in [4.78, 5) is 31.3. The highest BCUT2D eigenvalue weighted by molar-refractivity contribution is 7.08. The molecule has 2 aromatic carbocycles. The molecule has 0 saturated carbocycles. The molecule has 0 spiro atoms. The first-order valence-electron chi connectivity index (χ1n) is 10.3. The number of nitrogens with zero attached hydrogens (tertiary/aromatic N) is 3. The number of aromatic nitrogens is 2. The second-order valence-electron chi connectivity index (χ2n) is 7.48. The van der Waals surface area contributed by atoms with Gasteiger partial charge in [0.2, 0.25) is 17.6 Å². The highest BCUT2D eigenvalue weighted by Gasteiger charge is 2.25. The van der Waals surface area contributed by atoms with Gasteiger partial charge in [-0.05, 0) is 53.8 Å². The van der Waals surface area contributed by atoms with Gasteiger partial charge in [0.15, 0.2) is 0 Å². The third kappa shape index (κ3) is 4.17. The lowest BCUT2D eigenvalue weighted by molar-refractivity contribution is -0.116. The Bertz CT molecular complexity index is 1250. The van der Waals surface area contributed by atoms with Crippen LogP contribution in [0.3, 0.4) is 0 Å². The summed E-state index contributed by atoms with van der Waals surface area (Å²) in [5.41, 5.74) is 4.29. The molecule has 5 rings (SSSR count). The first-order chi connectivity index (χ1) is 15.7. The lowest BCUT2D eigenvalue weighted by Crippen LogP contribution is -2.28. The molecule has 1 N–H and O–H groups in total. The minimum atomic E-state index is -0.159. The molecule has 0 bridgehead atoms. The van der Waals surface area contributed by atoms with Crippen molar-refractivity contribution in [1.82, 2.24) is 10.1 Å². The molecule has 7 nitrogen and oxygen atoms in total. The molecular weight excluding hydrogens is 424 g/mol. The van der Waals surface area contributed by atoms with Gasteiger partial charge < -0.3 is 14.7 Å². The molecule has 2 aromatic heterocycles. The Morgan fingerprint density at radius 2 is 1.94 bits per heavy atom. The van der Waals surface area contributed by atoms with Crippen LogP contribution in [-0.4, -0.2) is 28.5 Å². The zero-order valence-corrected chi connectivity index (χ0v) is 18.0. The van der Waals surface area contributed by atoms with Crippen LogP contribution in [0.2, 0.25) is 0 Å². The summed E-state index contributed by atoms with van der Waals surface area (Å²) in [6.07, 6.45) is 1.44. The third-order valence-electron chi connectivity index (χ3n) is 5.36. The minimum Gasteiger partial charge on any atom is -0.339 e. The van der Waals surface area contributed by atoms with Gasteiger partial charge >= 0.3 is 0 Å². The standard InChI is InChI=1S/C24H20N4O3S/c29-21(9-10-22-26-23(27-31-22)18-12-14-32-15-18)25-19-7-5-17(6-8-19)24(30)28-13-11-16-3-1-2-4-20(16)28/h1-8,12,14-15H,9-11,13H2,(H,25,29). The number of fused-ring (bicyclic) bond motifs is 1. The normalized spacial score (nSPS) is 12.6. The van der Waals surface area contributed by atoms with Crippen LogP contribution in [0, 0.1) is 0 Å². The van der Waals surface area contributed by atoms with Crippen LogP contribution in [0.1, 0.15) is 28.2 Å². The van der Waals surface area contributed by atoms with E-state index in [4.69, 9.17) is 4.52 Å². The zero-order chi connectivity index (χ0) is 21.9. The molecule has 0 fully saturated rings. The van der Waals surface area contributed by atoms with E-state index in [0.717, 1.165) is 17.7 Å². The van der Waals surface area contributed by atoms with Crippen LogP contribution < -0.4 is 10.2 Å². The number of nitrogens with one attached hydrogen (secondary N) is 1. The number of rotatable bonds is 6. The first kappa shape index (κ1) is 20.1. The summed E-state index contributed by atoms with van der Waals surface area (Å²) in [7, 11) is 0. The van der Waals surface area contributed by atoms with E-state index >= 15 is 0 Å². The Hall–Kier alpha value is -3.78. The predicted octanol–water partition coefficient (Wildman–Crippen LogP) is 4.57. The number of anilines is 2. The van der Waals surface area contributed by atoms with Crippen LogP contribution >= 0.6 is 11.3 Å². The highest BCUT2D eigenvalue weighted by atomic mass is 32.1. The maximum atomic E-state index is 12.9. The quantitative estimate of drug-likeness (QED) is 0.471. The Balaban J connectivity index is 1.16. The number of amides is 2. The molecule has 0 unspecified atom stereocenters.